The molecule has 2 fully saturated rings. The molecule has 6 heterocycles. The van der Waals surface area contributed by atoms with Crippen LogP contribution in [-0.2, 0) is 53.4 Å². The Morgan fingerprint density at radius 2 is 1.19 bits per heavy atom. The van der Waals surface area contributed by atoms with Gasteiger partial charge < -0.3 is 29.0 Å². The van der Waals surface area contributed by atoms with Crippen LogP contribution >= 0.6 is 0 Å². The second-order valence-corrected chi connectivity index (χ2v) is 22.0. The van der Waals surface area contributed by atoms with E-state index >= 15 is 0 Å². The summed E-state index contributed by atoms with van der Waals surface area (Å²) in [6.45, 7) is 17.2. The summed E-state index contributed by atoms with van der Waals surface area (Å²) in [5.41, 5.74) is 2.93. The van der Waals surface area contributed by atoms with Crippen LogP contribution in [0.25, 0.3) is 22.1 Å². The second-order valence-electron chi connectivity index (χ2n) is 18.4. The number of carbonyl (C=O) groups is 2. The van der Waals surface area contributed by atoms with Crippen LogP contribution < -0.4 is 5.32 Å². The number of benzene rings is 2. The maximum atomic E-state index is 13.2. The van der Waals surface area contributed by atoms with Gasteiger partial charge in [-0.25, -0.2) is 9.97 Å². The number of rotatable bonds is 12. The van der Waals surface area contributed by atoms with Crippen LogP contribution in [0, 0.1) is 11.8 Å². The van der Waals surface area contributed by atoms with Gasteiger partial charge in [-0.15, -0.1) is 0 Å². The van der Waals surface area contributed by atoms with E-state index in [2.05, 4.69) is 66.2 Å². The molecule has 64 heavy (non-hydrogen) atoms. The van der Waals surface area contributed by atoms with Crippen LogP contribution in [-0.4, -0.2) is 111 Å². The van der Waals surface area contributed by atoms with Crippen LogP contribution in [0.1, 0.15) is 99.6 Å². The number of aliphatic hydroxyl groups excluding tert-OH is 1. The molecule has 8 rings (SSSR count). The van der Waals surface area contributed by atoms with Gasteiger partial charge >= 0.3 is 0 Å². The lowest BCUT2D eigenvalue weighted by molar-refractivity contribution is 0.0610. The molecular formula is C44H57N9O9S2. The summed E-state index contributed by atoms with van der Waals surface area (Å²) in [7, 11) is -7.92. The molecule has 4 aromatic heterocycles. The monoisotopic (exact) mass is 919 g/mol. The highest BCUT2D eigenvalue weighted by molar-refractivity contribution is 7.90. The molecule has 20 heteroatoms. The Bertz CT molecular complexity index is 2850. The van der Waals surface area contributed by atoms with Crippen molar-refractivity contribution in [3.05, 3.63) is 84.0 Å². The highest BCUT2D eigenvalue weighted by Gasteiger charge is 2.29. The van der Waals surface area contributed by atoms with E-state index in [1.165, 1.54) is 18.6 Å². The number of aromatic nitrogens is 8. The topological polar surface area (TPSA) is 224 Å². The Hall–Kier alpha value is -5.28. The van der Waals surface area contributed by atoms with E-state index in [0.717, 1.165) is 102 Å². The van der Waals surface area contributed by atoms with E-state index in [1.54, 1.807) is 30.3 Å². The van der Waals surface area contributed by atoms with Gasteiger partial charge in [0.1, 0.15) is 11.6 Å². The highest BCUT2D eigenvalue weighted by atomic mass is 32.2. The summed E-state index contributed by atoms with van der Waals surface area (Å²) in [4.78, 5) is 32.7. The SMILES string of the molecule is CC(C)(C)c1nc2cc(S(=O)(=O)n3cc(C(=O)NCCO)cn3)ccc2n1CC1CCOCC1.CC(C)(C)c1nc2cc(S(=O)(=O)n3cc(C=O)cn3)ccc2n1CC1CCOCC1. The molecule has 18 nitrogen and oxygen atoms in total. The third-order valence-corrected chi connectivity index (χ3v) is 14.5. The lowest BCUT2D eigenvalue weighted by atomic mass is 9.94. The first-order valence-corrected chi connectivity index (χ1v) is 24.3. The zero-order chi connectivity index (χ0) is 46.0. The molecule has 0 saturated carbocycles. The number of imidazole rings is 2. The Labute approximate surface area is 373 Å². The minimum absolute atomic E-state index is 0.0431. The maximum absolute atomic E-state index is 13.2. The summed E-state index contributed by atoms with van der Waals surface area (Å²) in [5, 5.41) is 19.0. The van der Waals surface area contributed by atoms with Gasteiger partial charge in [0.15, 0.2) is 6.29 Å². The smallest absolute Gasteiger partial charge is 0.283 e. The number of aliphatic hydroxyl groups is 1. The average molecular weight is 920 g/mol. The van der Waals surface area contributed by atoms with Gasteiger partial charge in [0.25, 0.3) is 26.0 Å². The van der Waals surface area contributed by atoms with E-state index in [0.29, 0.717) is 29.2 Å². The van der Waals surface area contributed by atoms with Crippen LogP contribution in [0.15, 0.2) is 71.0 Å². The second kappa shape index (κ2) is 18.7. The van der Waals surface area contributed by atoms with Crippen molar-refractivity contribution in [2.24, 2.45) is 11.8 Å². The number of aldehydes is 1. The summed E-state index contributed by atoms with van der Waals surface area (Å²) in [6, 6.07) is 9.89. The van der Waals surface area contributed by atoms with E-state index < -0.39 is 26.0 Å². The fourth-order valence-electron chi connectivity index (χ4n) is 7.98. The van der Waals surface area contributed by atoms with Crippen molar-refractivity contribution in [2.45, 2.75) is 101 Å². The molecule has 0 spiro atoms. The van der Waals surface area contributed by atoms with E-state index in [9.17, 15) is 26.4 Å². The fraction of sp³-hybridized carbons (Fsp3) is 0.500. The third kappa shape index (κ3) is 10.00. The van der Waals surface area contributed by atoms with Crippen molar-refractivity contribution in [3.8, 4) is 0 Å². The molecular weight excluding hydrogens is 863 g/mol. The molecule has 0 radical (unpaired) electrons. The number of nitrogens with one attached hydrogen (secondary N) is 1. The predicted molar refractivity (Wildman–Crippen MR) is 238 cm³/mol. The molecule has 0 aliphatic carbocycles. The van der Waals surface area contributed by atoms with Crippen molar-refractivity contribution in [2.75, 3.05) is 39.6 Å². The summed E-state index contributed by atoms with van der Waals surface area (Å²) in [6.07, 6.45) is 9.34. The van der Waals surface area contributed by atoms with Crippen molar-refractivity contribution in [1.29, 1.82) is 0 Å². The minimum atomic E-state index is -4.02. The van der Waals surface area contributed by atoms with Crippen molar-refractivity contribution >= 4 is 54.3 Å². The molecule has 2 aromatic carbocycles. The van der Waals surface area contributed by atoms with Gasteiger partial charge in [-0.05, 0) is 73.9 Å². The number of nitrogens with zero attached hydrogens (tertiary/aromatic N) is 8. The molecule has 2 aliphatic heterocycles. The summed E-state index contributed by atoms with van der Waals surface area (Å²) in [5.74, 6) is 2.32. The number of ether oxygens (including phenoxy) is 2. The van der Waals surface area contributed by atoms with Gasteiger partial charge in [-0.3, -0.25) is 9.59 Å². The Balaban J connectivity index is 0.000000193. The van der Waals surface area contributed by atoms with Crippen LogP contribution in [0.4, 0.5) is 0 Å². The molecule has 6 aromatic rings. The largest absolute Gasteiger partial charge is 0.395 e. The summed E-state index contributed by atoms with van der Waals surface area (Å²) >= 11 is 0. The zero-order valence-electron chi connectivity index (χ0n) is 37.1. The van der Waals surface area contributed by atoms with Crippen LogP contribution in [0.2, 0.25) is 0 Å². The minimum Gasteiger partial charge on any atom is -0.395 e. The molecule has 0 atom stereocenters. The zero-order valence-corrected chi connectivity index (χ0v) is 38.7. The molecule has 0 bridgehead atoms. The van der Waals surface area contributed by atoms with Gasteiger partial charge in [-0.1, -0.05) is 41.5 Å². The predicted octanol–water partition coefficient (Wildman–Crippen LogP) is 4.92. The standard InChI is InChI=1S/C23H31N5O5S.C21H26N4O4S/c1-23(2,3)22-26-19-12-18(4-5-20(19)27(22)14-16-6-10-33-11-7-16)34(31,32)28-15-17(13-25-28)21(30)24-8-9-29;1-21(2,3)20-23-18-10-17(30(27,28)25-13-16(14-26)11-22-25)4-5-19(18)24(20)12-15-6-8-29-9-7-15/h4-5,12-13,15-16,29H,6-11,14H2,1-3H3,(H,24,30);4-5,10-11,13-15H,6-9,12H2,1-3H3. The normalized spacial score (nSPS) is 15.9. The number of hydrogen-bond acceptors (Lipinski definition) is 13. The maximum Gasteiger partial charge on any atom is 0.283 e. The molecule has 2 N–H and O–H groups in total. The quantitative estimate of drug-likeness (QED) is 0.156. The highest BCUT2D eigenvalue weighted by Crippen LogP contribution is 2.33. The van der Waals surface area contributed by atoms with E-state index in [-0.39, 0.29) is 44.9 Å². The first-order chi connectivity index (χ1) is 30.3. The molecule has 2 saturated heterocycles. The Morgan fingerprint density at radius 3 is 1.61 bits per heavy atom. The first kappa shape index (κ1) is 46.7. The fourth-order valence-corrected chi connectivity index (χ4v) is 10.3. The van der Waals surface area contributed by atoms with E-state index in [1.807, 2.05) is 6.07 Å². The van der Waals surface area contributed by atoms with Gasteiger partial charge in [0.2, 0.25) is 0 Å². The third-order valence-electron chi connectivity index (χ3n) is 11.4. The first-order valence-electron chi connectivity index (χ1n) is 21.4. The average Bonchev–Trinajstić information content (AvgIpc) is 4.09. The molecule has 1 amide bonds. The molecule has 2 aliphatic rings. The van der Waals surface area contributed by atoms with Crippen molar-refractivity contribution in [3.63, 3.8) is 0 Å². The van der Waals surface area contributed by atoms with Crippen LogP contribution in [0.3, 0.4) is 0 Å². The number of amides is 1. The van der Waals surface area contributed by atoms with Gasteiger partial charge in [0.05, 0.1) is 74.4 Å². The van der Waals surface area contributed by atoms with E-state index in [4.69, 9.17) is 24.5 Å². The number of hydrogen-bond donors (Lipinski definition) is 2. The Morgan fingerprint density at radius 1 is 0.734 bits per heavy atom. The van der Waals surface area contributed by atoms with Crippen molar-refractivity contribution in [1.82, 2.24) is 42.8 Å². The summed E-state index contributed by atoms with van der Waals surface area (Å²) < 4.78 is 69.3. The molecule has 0 unspecified atom stereocenters. The van der Waals surface area contributed by atoms with Crippen molar-refractivity contribution < 1.29 is 41.0 Å². The lowest BCUT2D eigenvalue weighted by Crippen LogP contribution is -2.26. The number of carbonyl (C=O) groups excluding carboxylic acids is 2. The number of fused-ring (bicyclic) bond motifs is 2. The lowest BCUT2D eigenvalue weighted by Gasteiger charge is -2.26. The van der Waals surface area contributed by atoms with Crippen LogP contribution in [0.5, 0.6) is 0 Å². The van der Waals surface area contributed by atoms with Gasteiger partial charge in [-0.2, -0.15) is 35.2 Å². The molecule has 344 valence electrons. The Kier molecular flexibility index (Phi) is 13.6. The van der Waals surface area contributed by atoms with Gasteiger partial charge in [0, 0.05) is 56.9 Å².